The number of benzene rings is 2. The Hall–Kier alpha value is -1.56. The molecule has 3 rings (SSSR count). The van der Waals surface area contributed by atoms with Gasteiger partial charge in [0.15, 0.2) is 9.84 Å². The molecule has 2 aromatic rings. The van der Waals surface area contributed by atoms with Gasteiger partial charge in [-0.3, -0.25) is 4.79 Å². The SMILES string of the molecule is O=C(c1ccc(Cl)cc1)N(c1ccc(Cl)cc1)[C@@H]1CCS(=O)(=O)C1. The Morgan fingerprint density at radius 1 is 0.958 bits per heavy atom. The molecule has 7 heteroatoms. The molecule has 1 fully saturated rings. The lowest BCUT2D eigenvalue weighted by molar-refractivity contribution is 0.0979. The zero-order valence-corrected chi connectivity index (χ0v) is 15.0. The van der Waals surface area contributed by atoms with Gasteiger partial charge in [0.25, 0.3) is 5.91 Å². The average Bonchev–Trinajstić information content (AvgIpc) is 2.90. The van der Waals surface area contributed by atoms with Crippen molar-refractivity contribution in [1.29, 1.82) is 0 Å². The summed E-state index contributed by atoms with van der Waals surface area (Å²) in [4.78, 5) is 14.5. The molecule has 126 valence electrons. The second-order valence-electron chi connectivity index (χ2n) is 5.72. The number of nitrogens with zero attached hydrogens (tertiary/aromatic N) is 1. The van der Waals surface area contributed by atoms with Crippen molar-refractivity contribution in [2.75, 3.05) is 16.4 Å². The predicted molar refractivity (Wildman–Crippen MR) is 96.8 cm³/mol. The zero-order chi connectivity index (χ0) is 17.3. The fourth-order valence-corrected chi connectivity index (χ4v) is 4.76. The number of amides is 1. The Bertz CT molecular complexity index is 848. The number of carbonyl (C=O) groups is 1. The van der Waals surface area contributed by atoms with Crippen molar-refractivity contribution in [3.05, 3.63) is 64.1 Å². The second-order valence-corrected chi connectivity index (χ2v) is 8.82. The van der Waals surface area contributed by atoms with Crippen LogP contribution in [-0.2, 0) is 9.84 Å². The number of hydrogen-bond donors (Lipinski definition) is 0. The molecular weight excluding hydrogens is 369 g/mol. The van der Waals surface area contributed by atoms with Gasteiger partial charge in [-0.15, -0.1) is 0 Å². The highest BCUT2D eigenvalue weighted by molar-refractivity contribution is 7.91. The minimum atomic E-state index is -3.12. The summed E-state index contributed by atoms with van der Waals surface area (Å²) in [6.45, 7) is 0. The third-order valence-electron chi connectivity index (χ3n) is 3.99. The van der Waals surface area contributed by atoms with Crippen LogP contribution >= 0.6 is 23.2 Å². The van der Waals surface area contributed by atoms with E-state index in [-0.39, 0.29) is 23.5 Å². The van der Waals surface area contributed by atoms with E-state index in [9.17, 15) is 13.2 Å². The third kappa shape index (κ3) is 3.74. The van der Waals surface area contributed by atoms with Gasteiger partial charge in [0.1, 0.15) is 0 Å². The number of halogens is 2. The van der Waals surface area contributed by atoms with Crippen molar-refractivity contribution < 1.29 is 13.2 Å². The average molecular weight is 384 g/mol. The van der Waals surface area contributed by atoms with Gasteiger partial charge in [0.05, 0.1) is 17.5 Å². The predicted octanol–water partition coefficient (Wildman–Crippen LogP) is 3.83. The zero-order valence-electron chi connectivity index (χ0n) is 12.7. The maximum absolute atomic E-state index is 13.0. The number of carbonyl (C=O) groups excluding carboxylic acids is 1. The minimum Gasteiger partial charge on any atom is -0.304 e. The number of anilines is 1. The molecule has 0 N–H and O–H groups in total. The summed E-state index contributed by atoms with van der Waals surface area (Å²) in [5.41, 5.74) is 1.08. The van der Waals surface area contributed by atoms with Gasteiger partial charge in [0, 0.05) is 21.3 Å². The lowest BCUT2D eigenvalue weighted by Crippen LogP contribution is -2.41. The number of sulfone groups is 1. The lowest BCUT2D eigenvalue weighted by atomic mass is 10.1. The molecule has 0 unspecified atom stereocenters. The van der Waals surface area contributed by atoms with Crippen molar-refractivity contribution in [3.63, 3.8) is 0 Å². The highest BCUT2D eigenvalue weighted by atomic mass is 35.5. The van der Waals surface area contributed by atoms with Gasteiger partial charge >= 0.3 is 0 Å². The normalized spacial score (nSPS) is 19.2. The van der Waals surface area contributed by atoms with Gasteiger partial charge in [0.2, 0.25) is 0 Å². The fourth-order valence-electron chi connectivity index (χ4n) is 2.81. The summed E-state index contributed by atoms with van der Waals surface area (Å²) in [5, 5.41) is 1.09. The molecule has 0 radical (unpaired) electrons. The first kappa shape index (κ1) is 17.3. The van der Waals surface area contributed by atoms with E-state index in [2.05, 4.69) is 0 Å². The molecule has 2 aromatic carbocycles. The van der Waals surface area contributed by atoms with E-state index in [1.165, 1.54) is 0 Å². The van der Waals surface area contributed by atoms with Crippen molar-refractivity contribution in [3.8, 4) is 0 Å². The Balaban J connectivity index is 1.99. The Morgan fingerprint density at radius 2 is 1.50 bits per heavy atom. The maximum atomic E-state index is 13.0. The van der Waals surface area contributed by atoms with Crippen LogP contribution in [0.2, 0.25) is 10.0 Å². The van der Waals surface area contributed by atoms with Gasteiger partial charge in [-0.1, -0.05) is 23.2 Å². The topological polar surface area (TPSA) is 54.5 Å². The molecule has 0 spiro atoms. The molecule has 0 aliphatic carbocycles. The molecular formula is C17H15Cl2NO3S. The van der Waals surface area contributed by atoms with Crippen LogP contribution in [0, 0.1) is 0 Å². The number of hydrogen-bond acceptors (Lipinski definition) is 3. The summed E-state index contributed by atoms with van der Waals surface area (Å²) in [6.07, 6.45) is 0.421. The van der Waals surface area contributed by atoms with Crippen LogP contribution in [-0.4, -0.2) is 31.9 Å². The summed E-state index contributed by atoms with van der Waals surface area (Å²) in [6, 6.07) is 13.0. The van der Waals surface area contributed by atoms with Crippen LogP contribution in [0.1, 0.15) is 16.8 Å². The number of rotatable bonds is 3. The van der Waals surface area contributed by atoms with Crippen LogP contribution in [0.4, 0.5) is 5.69 Å². The lowest BCUT2D eigenvalue weighted by Gasteiger charge is -2.28. The molecule has 1 atom stereocenters. The van der Waals surface area contributed by atoms with E-state index in [0.717, 1.165) is 0 Å². The van der Waals surface area contributed by atoms with Crippen LogP contribution in [0.5, 0.6) is 0 Å². The van der Waals surface area contributed by atoms with E-state index in [1.54, 1.807) is 53.4 Å². The van der Waals surface area contributed by atoms with E-state index in [0.29, 0.717) is 27.7 Å². The Morgan fingerprint density at radius 3 is 2.00 bits per heavy atom. The Labute approximate surface area is 150 Å². The summed E-state index contributed by atoms with van der Waals surface area (Å²) < 4.78 is 23.7. The Kier molecular flexibility index (Phi) is 4.85. The van der Waals surface area contributed by atoms with E-state index < -0.39 is 9.84 Å². The molecule has 1 heterocycles. The molecule has 1 amide bonds. The first-order valence-corrected chi connectivity index (χ1v) is 9.98. The van der Waals surface area contributed by atoms with Gasteiger partial charge in [-0.25, -0.2) is 8.42 Å². The minimum absolute atomic E-state index is 0.0328. The summed E-state index contributed by atoms with van der Waals surface area (Å²) >= 11 is 11.8. The van der Waals surface area contributed by atoms with Crippen LogP contribution in [0.3, 0.4) is 0 Å². The third-order valence-corrected chi connectivity index (χ3v) is 6.24. The van der Waals surface area contributed by atoms with Crippen molar-refractivity contribution in [2.45, 2.75) is 12.5 Å². The standard InChI is InChI=1S/C17H15Cl2NO3S/c18-13-3-1-12(2-4-13)17(21)20(15-7-5-14(19)6-8-15)16-9-10-24(22,23)11-16/h1-8,16H,9-11H2/t16-/m1/s1. The van der Waals surface area contributed by atoms with Crippen molar-refractivity contribution in [2.24, 2.45) is 0 Å². The summed E-state index contributed by atoms with van der Waals surface area (Å²) in [7, 11) is -3.12. The van der Waals surface area contributed by atoms with Crippen LogP contribution in [0.15, 0.2) is 48.5 Å². The smallest absolute Gasteiger partial charge is 0.258 e. The van der Waals surface area contributed by atoms with Gasteiger partial charge in [-0.2, -0.15) is 0 Å². The van der Waals surface area contributed by atoms with Crippen molar-refractivity contribution in [1.82, 2.24) is 0 Å². The first-order valence-electron chi connectivity index (χ1n) is 7.41. The molecule has 0 saturated carbocycles. The van der Waals surface area contributed by atoms with Crippen LogP contribution < -0.4 is 4.90 Å². The van der Waals surface area contributed by atoms with E-state index in [1.807, 2.05) is 0 Å². The quantitative estimate of drug-likeness (QED) is 0.808. The molecule has 1 saturated heterocycles. The van der Waals surface area contributed by atoms with E-state index in [4.69, 9.17) is 23.2 Å². The first-order chi connectivity index (χ1) is 11.4. The molecule has 1 aliphatic rings. The van der Waals surface area contributed by atoms with E-state index >= 15 is 0 Å². The highest BCUT2D eigenvalue weighted by Crippen LogP contribution is 2.28. The maximum Gasteiger partial charge on any atom is 0.258 e. The monoisotopic (exact) mass is 383 g/mol. The van der Waals surface area contributed by atoms with Gasteiger partial charge < -0.3 is 4.90 Å². The highest BCUT2D eigenvalue weighted by Gasteiger charge is 2.35. The molecule has 1 aliphatic heterocycles. The fraction of sp³-hybridized carbons (Fsp3) is 0.235. The summed E-state index contributed by atoms with van der Waals surface area (Å²) in [5.74, 6) is -0.193. The van der Waals surface area contributed by atoms with Gasteiger partial charge in [-0.05, 0) is 55.0 Å². The van der Waals surface area contributed by atoms with Crippen molar-refractivity contribution >= 4 is 44.6 Å². The molecule has 24 heavy (non-hydrogen) atoms. The van der Waals surface area contributed by atoms with Crippen LogP contribution in [0.25, 0.3) is 0 Å². The molecule has 0 bridgehead atoms. The largest absolute Gasteiger partial charge is 0.304 e. The molecule has 0 aromatic heterocycles. The second kappa shape index (κ2) is 6.75. The molecule has 4 nitrogen and oxygen atoms in total.